The van der Waals surface area contributed by atoms with Gasteiger partial charge in [-0.2, -0.15) is 0 Å². The Bertz CT molecular complexity index is 377. The number of carboxylic acid groups (broad SMARTS) is 1. The molecule has 17 heavy (non-hydrogen) atoms. The standard InChI is InChI=1S/C13H19NO3/c1-2-3-4-5-8-17-12-7-6-10(13(15)16)9-11(12)14/h6-7,9H,2-5,8,14H2,1H3,(H,15,16). The van der Waals surface area contributed by atoms with Crippen molar-refractivity contribution in [3.05, 3.63) is 23.8 Å². The summed E-state index contributed by atoms with van der Waals surface area (Å²) in [5.41, 5.74) is 6.27. The van der Waals surface area contributed by atoms with Crippen molar-refractivity contribution >= 4 is 11.7 Å². The summed E-state index contributed by atoms with van der Waals surface area (Å²) in [4.78, 5) is 10.7. The van der Waals surface area contributed by atoms with Gasteiger partial charge in [0, 0.05) is 0 Å². The van der Waals surface area contributed by atoms with E-state index in [1.165, 1.54) is 25.0 Å². The molecule has 1 aromatic carbocycles. The monoisotopic (exact) mass is 237 g/mol. The molecule has 1 rings (SSSR count). The zero-order chi connectivity index (χ0) is 12.7. The van der Waals surface area contributed by atoms with Crippen LogP contribution in [0.2, 0.25) is 0 Å². The summed E-state index contributed by atoms with van der Waals surface area (Å²) in [6.45, 7) is 2.78. The largest absolute Gasteiger partial charge is 0.491 e. The highest BCUT2D eigenvalue weighted by molar-refractivity contribution is 5.89. The Hall–Kier alpha value is -1.71. The Morgan fingerprint density at radius 2 is 2.12 bits per heavy atom. The molecule has 0 aromatic heterocycles. The van der Waals surface area contributed by atoms with Crippen LogP contribution < -0.4 is 10.5 Å². The summed E-state index contributed by atoms with van der Waals surface area (Å²) in [5, 5.41) is 8.78. The normalized spacial score (nSPS) is 10.2. The van der Waals surface area contributed by atoms with Crippen LogP contribution in [-0.2, 0) is 0 Å². The van der Waals surface area contributed by atoms with E-state index in [-0.39, 0.29) is 5.56 Å². The van der Waals surface area contributed by atoms with E-state index < -0.39 is 5.97 Å². The molecule has 0 aliphatic carbocycles. The maximum absolute atomic E-state index is 10.7. The molecule has 0 spiro atoms. The first-order valence-electron chi connectivity index (χ1n) is 5.90. The van der Waals surface area contributed by atoms with Gasteiger partial charge >= 0.3 is 5.97 Å². The fourth-order valence-electron chi connectivity index (χ4n) is 1.52. The van der Waals surface area contributed by atoms with Crippen molar-refractivity contribution in [1.82, 2.24) is 0 Å². The number of hydrogen-bond donors (Lipinski definition) is 2. The molecule has 0 aliphatic heterocycles. The second kappa shape index (κ2) is 6.78. The summed E-state index contributed by atoms with van der Waals surface area (Å²) in [7, 11) is 0. The van der Waals surface area contributed by atoms with E-state index in [2.05, 4.69) is 6.92 Å². The summed E-state index contributed by atoms with van der Waals surface area (Å²) in [6.07, 6.45) is 4.53. The summed E-state index contributed by atoms with van der Waals surface area (Å²) >= 11 is 0. The zero-order valence-corrected chi connectivity index (χ0v) is 10.1. The number of aromatic carboxylic acids is 1. The Morgan fingerprint density at radius 3 is 2.71 bits per heavy atom. The fraction of sp³-hybridized carbons (Fsp3) is 0.462. The molecule has 0 heterocycles. The number of hydrogen-bond acceptors (Lipinski definition) is 3. The Kier molecular flexibility index (Phi) is 5.33. The quantitative estimate of drug-likeness (QED) is 0.565. The van der Waals surface area contributed by atoms with Gasteiger partial charge in [-0.25, -0.2) is 4.79 Å². The van der Waals surface area contributed by atoms with Crippen LogP contribution in [0.1, 0.15) is 43.0 Å². The van der Waals surface area contributed by atoms with E-state index in [0.29, 0.717) is 18.0 Å². The maximum atomic E-state index is 10.7. The van der Waals surface area contributed by atoms with Crippen molar-refractivity contribution in [2.75, 3.05) is 12.3 Å². The van der Waals surface area contributed by atoms with Gasteiger partial charge in [0.2, 0.25) is 0 Å². The number of benzene rings is 1. The summed E-state index contributed by atoms with van der Waals surface area (Å²) in [6, 6.07) is 4.53. The van der Waals surface area contributed by atoms with Crippen LogP contribution in [0.25, 0.3) is 0 Å². The molecule has 1 aromatic rings. The van der Waals surface area contributed by atoms with Gasteiger partial charge in [0.15, 0.2) is 0 Å². The molecule has 94 valence electrons. The lowest BCUT2D eigenvalue weighted by Crippen LogP contribution is -2.03. The van der Waals surface area contributed by atoms with Gasteiger partial charge in [-0.05, 0) is 24.6 Å². The number of nitrogens with two attached hydrogens (primary N) is 1. The van der Waals surface area contributed by atoms with Gasteiger partial charge in [0.05, 0.1) is 17.9 Å². The van der Waals surface area contributed by atoms with Crippen LogP contribution in [0.15, 0.2) is 18.2 Å². The van der Waals surface area contributed by atoms with Crippen LogP contribution in [-0.4, -0.2) is 17.7 Å². The minimum Gasteiger partial charge on any atom is -0.491 e. The third-order valence-electron chi connectivity index (χ3n) is 2.51. The first-order valence-corrected chi connectivity index (χ1v) is 5.90. The summed E-state index contributed by atoms with van der Waals surface area (Å²) < 4.78 is 5.50. The molecule has 0 aliphatic rings. The Labute approximate surface area is 101 Å². The molecule has 4 nitrogen and oxygen atoms in total. The first-order chi connectivity index (χ1) is 8.15. The van der Waals surface area contributed by atoms with Crippen molar-refractivity contribution in [3.8, 4) is 5.75 Å². The Balaban J connectivity index is 2.46. The van der Waals surface area contributed by atoms with E-state index in [0.717, 1.165) is 12.8 Å². The minimum atomic E-state index is -0.980. The van der Waals surface area contributed by atoms with Gasteiger partial charge in [-0.3, -0.25) is 0 Å². The maximum Gasteiger partial charge on any atom is 0.335 e. The van der Waals surface area contributed by atoms with Crippen LogP contribution >= 0.6 is 0 Å². The molecular formula is C13H19NO3. The number of carboxylic acids is 1. The Morgan fingerprint density at radius 1 is 1.35 bits per heavy atom. The molecule has 4 heteroatoms. The van der Waals surface area contributed by atoms with E-state index in [4.69, 9.17) is 15.6 Å². The van der Waals surface area contributed by atoms with Gasteiger partial charge < -0.3 is 15.6 Å². The van der Waals surface area contributed by atoms with Gasteiger partial charge in [0.25, 0.3) is 0 Å². The smallest absolute Gasteiger partial charge is 0.335 e. The molecule has 0 radical (unpaired) electrons. The second-order valence-corrected chi connectivity index (χ2v) is 3.97. The number of nitrogen functional groups attached to an aromatic ring is 1. The molecule has 0 fully saturated rings. The lowest BCUT2D eigenvalue weighted by Gasteiger charge is -2.09. The van der Waals surface area contributed by atoms with Gasteiger partial charge in [-0.15, -0.1) is 0 Å². The number of anilines is 1. The van der Waals surface area contributed by atoms with Crippen LogP contribution in [0.5, 0.6) is 5.75 Å². The summed E-state index contributed by atoms with van der Waals surface area (Å²) in [5.74, 6) is -0.419. The zero-order valence-electron chi connectivity index (χ0n) is 10.1. The van der Waals surface area contributed by atoms with Gasteiger partial charge in [-0.1, -0.05) is 26.2 Å². The lowest BCUT2D eigenvalue weighted by molar-refractivity contribution is 0.0697. The highest BCUT2D eigenvalue weighted by Crippen LogP contribution is 2.22. The van der Waals surface area contributed by atoms with Gasteiger partial charge in [0.1, 0.15) is 5.75 Å². The van der Waals surface area contributed by atoms with Crippen LogP contribution in [0.4, 0.5) is 5.69 Å². The highest BCUT2D eigenvalue weighted by Gasteiger charge is 2.06. The number of ether oxygens (including phenoxy) is 1. The third-order valence-corrected chi connectivity index (χ3v) is 2.51. The lowest BCUT2D eigenvalue weighted by atomic mass is 10.2. The highest BCUT2D eigenvalue weighted by atomic mass is 16.5. The average Bonchev–Trinajstić information content (AvgIpc) is 2.30. The molecule has 0 saturated heterocycles. The topological polar surface area (TPSA) is 72.5 Å². The molecular weight excluding hydrogens is 218 g/mol. The third kappa shape index (κ3) is 4.34. The molecule has 0 saturated carbocycles. The molecule has 3 N–H and O–H groups in total. The van der Waals surface area contributed by atoms with E-state index in [9.17, 15) is 4.79 Å². The average molecular weight is 237 g/mol. The number of rotatable bonds is 7. The predicted molar refractivity (Wildman–Crippen MR) is 67.5 cm³/mol. The van der Waals surface area contributed by atoms with E-state index >= 15 is 0 Å². The fourth-order valence-corrected chi connectivity index (χ4v) is 1.52. The molecule has 0 amide bonds. The van der Waals surface area contributed by atoms with E-state index in [1.54, 1.807) is 6.07 Å². The van der Waals surface area contributed by atoms with E-state index in [1.807, 2.05) is 0 Å². The molecule has 0 unspecified atom stereocenters. The number of unbranched alkanes of at least 4 members (excludes halogenated alkanes) is 3. The first kappa shape index (κ1) is 13.4. The minimum absolute atomic E-state index is 0.181. The van der Waals surface area contributed by atoms with Crippen molar-refractivity contribution in [3.63, 3.8) is 0 Å². The molecule has 0 atom stereocenters. The van der Waals surface area contributed by atoms with Crippen molar-refractivity contribution < 1.29 is 14.6 Å². The van der Waals surface area contributed by atoms with Crippen molar-refractivity contribution in [2.24, 2.45) is 0 Å². The number of carbonyl (C=O) groups is 1. The second-order valence-electron chi connectivity index (χ2n) is 3.97. The van der Waals surface area contributed by atoms with Crippen molar-refractivity contribution in [2.45, 2.75) is 32.6 Å². The van der Waals surface area contributed by atoms with Crippen LogP contribution in [0, 0.1) is 0 Å². The molecule has 0 bridgehead atoms. The van der Waals surface area contributed by atoms with Crippen LogP contribution in [0.3, 0.4) is 0 Å². The van der Waals surface area contributed by atoms with Crippen molar-refractivity contribution in [1.29, 1.82) is 0 Å². The SMILES string of the molecule is CCCCCCOc1ccc(C(=O)O)cc1N. The predicted octanol–water partition coefficient (Wildman–Crippen LogP) is 2.93.